The summed E-state index contributed by atoms with van der Waals surface area (Å²) in [6, 6.07) is 9.36. The highest BCUT2D eigenvalue weighted by molar-refractivity contribution is 9.10. The van der Waals surface area contributed by atoms with Crippen LogP contribution in [0.2, 0.25) is 0 Å². The molecule has 0 unspecified atom stereocenters. The summed E-state index contributed by atoms with van der Waals surface area (Å²) >= 11 is 3.49. The lowest BCUT2D eigenvalue weighted by atomic mass is 9.94. The van der Waals surface area contributed by atoms with Crippen LogP contribution >= 0.6 is 15.9 Å². The first-order chi connectivity index (χ1) is 17.6. The van der Waals surface area contributed by atoms with E-state index in [0.29, 0.717) is 25.0 Å². The third-order valence-corrected chi connectivity index (χ3v) is 8.81. The highest BCUT2D eigenvalue weighted by Crippen LogP contribution is 2.34. The molecule has 1 aliphatic heterocycles. The van der Waals surface area contributed by atoms with Crippen molar-refractivity contribution in [3.05, 3.63) is 82.3 Å². The van der Waals surface area contributed by atoms with Crippen molar-refractivity contribution in [3.63, 3.8) is 0 Å². The number of halogens is 4. The van der Waals surface area contributed by atoms with Crippen molar-refractivity contribution >= 4 is 37.4 Å². The maximum Gasteiger partial charge on any atom is 0.416 e. The van der Waals surface area contributed by atoms with Gasteiger partial charge in [-0.15, -0.1) is 0 Å². The van der Waals surface area contributed by atoms with E-state index in [-0.39, 0.29) is 23.9 Å². The zero-order valence-corrected chi connectivity index (χ0v) is 21.8. The SMILES string of the molecule is O=S(=O)(c1ccc(C(F)(F)F)cc1)N1CCC(c2cc(NCc3cccnc3)n3ncc(Br)c3n2)CC1. The normalized spacial score (nSPS) is 15.8. The second kappa shape index (κ2) is 10.0. The van der Waals surface area contributed by atoms with Crippen LogP contribution in [-0.2, 0) is 22.7 Å². The minimum absolute atomic E-state index is 0.00444. The Balaban J connectivity index is 1.33. The lowest BCUT2D eigenvalue weighted by Gasteiger charge is -2.31. The molecule has 0 radical (unpaired) electrons. The van der Waals surface area contributed by atoms with Gasteiger partial charge < -0.3 is 5.32 Å². The first-order valence-corrected chi connectivity index (χ1v) is 13.7. The van der Waals surface area contributed by atoms with Crippen LogP contribution < -0.4 is 5.32 Å². The Morgan fingerprint density at radius 2 is 1.81 bits per heavy atom. The first-order valence-electron chi connectivity index (χ1n) is 11.5. The molecule has 1 saturated heterocycles. The van der Waals surface area contributed by atoms with Crippen molar-refractivity contribution < 1.29 is 21.6 Å². The van der Waals surface area contributed by atoms with Crippen molar-refractivity contribution in [2.75, 3.05) is 18.4 Å². The largest absolute Gasteiger partial charge is 0.416 e. The highest BCUT2D eigenvalue weighted by atomic mass is 79.9. The molecule has 4 heterocycles. The molecule has 0 atom stereocenters. The summed E-state index contributed by atoms with van der Waals surface area (Å²) in [7, 11) is -3.90. The molecule has 0 saturated carbocycles. The first kappa shape index (κ1) is 25.6. The summed E-state index contributed by atoms with van der Waals surface area (Å²) in [4.78, 5) is 8.76. The molecule has 4 aromatic rings. The van der Waals surface area contributed by atoms with Gasteiger partial charge in [-0.1, -0.05) is 6.07 Å². The molecule has 3 aromatic heterocycles. The number of nitrogens with one attached hydrogen (secondary N) is 1. The molecule has 8 nitrogen and oxygen atoms in total. The lowest BCUT2D eigenvalue weighted by Crippen LogP contribution is -2.38. The number of aromatic nitrogens is 4. The van der Waals surface area contributed by atoms with Gasteiger partial charge in [0.2, 0.25) is 10.0 Å². The smallest absolute Gasteiger partial charge is 0.366 e. The Kier molecular flexibility index (Phi) is 6.94. The van der Waals surface area contributed by atoms with Crippen LogP contribution in [-0.4, -0.2) is 45.4 Å². The van der Waals surface area contributed by atoms with E-state index in [1.807, 2.05) is 18.2 Å². The van der Waals surface area contributed by atoms with Gasteiger partial charge >= 0.3 is 6.18 Å². The van der Waals surface area contributed by atoms with Crippen molar-refractivity contribution in [1.82, 2.24) is 23.9 Å². The fraction of sp³-hybridized carbons (Fsp3) is 0.292. The molecule has 5 rings (SSSR count). The van der Waals surface area contributed by atoms with Gasteiger partial charge in [0.25, 0.3) is 0 Å². The summed E-state index contributed by atoms with van der Waals surface area (Å²) < 4.78 is 68.4. The summed E-state index contributed by atoms with van der Waals surface area (Å²) in [5.41, 5.74) is 1.58. The fourth-order valence-corrected chi connectivity index (χ4v) is 6.16. The second-order valence-electron chi connectivity index (χ2n) is 8.71. The number of pyridine rings is 1. The minimum atomic E-state index is -4.52. The van der Waals surface area contributed by atoms with Gasteiger partial charge in [0.05, 0.1) is 21.1 Å². The molecule has 0 spiro atoms. The van der Waals surface area contributed by atoms with Crippen molar-refractivity contribution in [2.45, 2.75) is 36.4 Å². The van der Waals surface area contributed by atoms with Crippen molar-refractivity contribution in [1.29, 1.82) is 0 Å². The van der Waals surface area contributed by atoms with Crippen LogP contribution in [0, 0.1) is 0 Å². The Hall–Kier alpha value is -3.03. The number of hydrogen-bond donors (Lipinski definition) is 1. The number of hydrogen-bond acceptors (Lipinski definition) is 6. The van der Waals surface area contributed by atoms with Crippen LogP contribution in [0.15, 0.2) is 70.4 Å². The molecule has 0 aliphatic carbocycles. The molecule has 1 fully saturated rings. The van der Waals surface area contributed by atoms with Gasteiger partial charge in [0, 0.05) is 49.7 Å². The third kappa shape index (κ3) is 5.34. The maximum absolute atomic E-state index is 13.0. The van der Waals surface area contributed by atoms with E-state index >= 15 is 0 Å². The molecule has 0 bridgehead atoms. The number of sulfonamides is 1. The summed E-state index contributed by atoms with van der Waals surface area (Å²) in [6.45, 7) is 1.01. The summed E-state index contributed by atoms with van der Waals surface area (Å²) in [6.07, 6.45) is 1.68. The van der Waals surface area contributed by atoms with Crippen LogP contribution in [0.1, 0.15) is 35.6 Å². The molecule has 37 heavy (non-hydrogen) atoms. The number of alkyl halides is 3. The zero-order valence-electron chi connectivity index (χ0n) is 19.4. The number of nitrogens with zero attached hydrogens (tertiary/aromatic N) is 5. The number of anilines is 1. The van der Waals surface area contributed by atoms with Gasteiger partial charge in [-0.2, -0.15) is 27.1 Å². The summed E-state index contributed by atoms with van der Waals surface area (Å²) in [5.74, 6) is 0.749. The summed E-state index contributed by atoms with van der Waals surface area (Å²) in [5, 5.41) is 7.77. The average molecular weight is 595 g/mol. The predicted octanol–water partition coefficient (Wildman–Crippen LogP) is 5.09. The van der Waals surface area contributed by atoms with Crippen molar-refractivity contribution in [3.8, 4) is 0 Å². The van der Waals surface area contributed by atoms with Gasteiger partial charge in [0.15, 0.2) is 5.65 Å². The van der Waals surface area contributed by atoms with Gasteiger partial charge in [-0.3, -0.25) is 4.98 Å². The molecule has 13 heteroatoms. The van der Waals surface area contributed by atoms with E-state index in [1.54, 1.807) is 23.1 Å². The molecule has 194 valence electrons. The Morgan fingerprint density at radius 1 is 1.08 bits per heavy atom. The number of piperidine rings is 1. The van der Waals surface area contributed by atoms with E-state index < -0.39 is 21.8 Å². The predicted molar refractivity (Wildman–Crippen MR) is 134 cm³/mol. The highest BCUT2D eigenvalue weighted by Gasteiger charge is 2.33. The van der Waals surface area contributed by atoms with Gasteiger partial charge in [-0.05, 0) is 64.7 Å². The van der Waals surface area contributed by atoms with Gasteiger partial charge in [0.1, 0.15) is 5.82 Å². The molecule has 1 aliphatic rings. The number of benzene rings is 1. The number of fused-ring (bicyclic) bond motifs is 1. The molecule has 1 N–H and O–H groups in total. The van der Waals surface area contributed by atoms with Crippen LogP contribution in [0.5, 0.6) is 0 Å². The Morgan fingerprint density at radius 3 is 2.46 bits per heavy atom. The van der Waals surface area contributed by atoms with Gasteiger partial charge in [-0.25, -0.2) is 13.4 Å². The molecule has 0 amide bonds. The Bertz CT molecular complexity index is 1500. The fourth-order valence-electron chi connectivity index (χ4n) is 4.34. The van der Waals surface area contributed by atoms with E-state index in [4.69, 9.17) is 4.98 Å². The minimum Gasteiger partial charge on any atom is -0.366 e. The molecule has 1 aromatic carbocycles. The second-order valence-corrected chi connectivity index (χ2v) is 11.5. The van der Waals surface area contributed by atoms with E-state index in [9.17, 15) is 21.6 Å². The van der Waals surface area contributed by atoms with E-state index in [0.717, 1.165) is 45.8 Å². The Labute approximate surface area is 219 Å². The third-order valence-electron chi connectivity index (χ3n) is 6.34. The molecular formula is C24H22BrF3N6O2S. The monoisotopic (exact) mass is 594 g/mol. The topological polar surface area (TPSA) is 92.5 Å². The number of rotatable bonds is 6. The van der Waals surface area contributed by atoms with Crippen molar-refractivity contribution in [2.24, 2.45) is 0 Å². The maximum atomic E-state index is 13.0. The zero-order chi connectivity index (χ0) is 26.2. The molecular weight excluding hydrogens is 573 g/mol. The van der Waals surface area contributed by atoms with Crippen LogP contribution in [0.25, 0.3) is 5.65 Å². The van der Waals surface area contributed by atoms with Crippen LogP contribution in [0.3, 0.4) is 0 Å². The quantitative estimate of drug-likeness (QED) is 0.334. The van der Waals surface area contributed by atoms with E-state index in [1.165, 1.54) is 4.31 Å². The van der Waals surface area contributed by atoms with E-state index in [2.05, 4.69) is 31.3 Å². The van der Waals surface area contributed by atoms with Crippen LogP contribution in [0.4, 0.5) is 19.0 Å². The lowest BCUT2D eigenvalue weighted by molar-refractivity contribution is -0.137. The standard InChI is InChI=1S/C24H22BrF3N6O2S/c25-20-15-31-34-22(30-14-16-2-1-9-29-13-16)12-21(32-23(20)34)17-7-10-33(11-8-17)37(35,36)19-5-3-18(4-6-19)24(26,27)28/h1-6,9,12-13,15,17,30H,7-8,10-11,14H2. The average Bonchev–Trinajstić information content (AvgIpc) is 3.28.